The highest BCUT2D eigenvalue weighted by molar-refractivity contribution is 7.15. The highest BCUT2D eigenvalue weighted by Crippen LogP contribution is 2.29. The summed E-state index contributed by atoms with van der Waals surface area (Å²) in [6.07, 6.45) is 1.81. The summed E-state index contributed by atoms with van der Waals surface area (Å²) in [4.78, 5) is 16.0. The molecule has 3 rings (SSSR count). The molecule has 0 aliphatic carbocycles. The molecule has 0 aliphatic heterocycles. The second kappa shape index (κ2) is 4.68. The predicted molar refractivity (Wildman–Crippen MR) is 74.9 cm³/mol. The van der Waals surface area contributed by atoms with E-state index in [0.717, 1.165) is 21.9 Å². The van der Waals surface area contributed by atoms with Crippen molar-refractivity contribution in [2.45, 2.75) is 6.42 Å². The maximum absolute atomic E-state index is 10.8. The van der Waals surface area contributed by atoms with E-state index in [2.05, 4.69) is 4.98 Å². The van der Waals surface area contributed by atoms with Gasteiger partial charge >= 0.3 is 5.97 Å². The molecule has 0 atom stereocenters. The number of nitrogens with zero attached hydrogens (tertiary/aromatic N) is 2. The number of hydrogen-bond acceptors (Lipinski definition) is 3. The highest BCUT2D eigenvalue weighted by Gasteiger charge is 2.13. The summed E-state index contributed by atoms with van der Waals surface area (Å²) in [5, 5.41) is 11.3. The summed E-state index contributed by atoms with van der Waals surface area (Å²) >= 11 is 7.56. The van der Waals surface area contributed by atoms with Crippen molar-refractivity contribution < 1.29 is 9.90 Å². The number of rotatable bonds is 3. The monoisotopic (exact) mass is 292 g/mol. The van der Waals surface area contributed by atoms with Crippen molar-refractivity contribution in [2.75, 3.05) is 0 Å². The lowest BCUT2D eigenvalue weighted by Gasteiger charge is -1.98. The number of carbonyl (C=O) groups is 1. The summed E-state index contributed by atoms with van der Waals surface area (Å²) in [5.74, 6) is -0.854. The largest absolute Gasteiger partial charge is 0.481 e. The van der Waals surface area contributed by atoms with Crippen molar-refractivity contribution in [1.29, 1.82) is 0 Å². The van der Waals surface area contributed by atoms with Crippen LogP contribution in [0.25, 0.3) is 16.2 Å². The van der Waals surface area contributed by atoms with Gasteiger partial charge in [-0.2, -0.15) is 0 Å². The molecule has 0 fully saturated rings. The van der Waals surface area contributed by atoms with E-state index in [-0.39, 0.29) is 6.42 Å². The van der Waals surface area contributed by atoms with Gasteiger partial charge in [0.2, 0.25) is 0 Å². The maximum Gasteiger partial charge on any atom is 0.309 e. The minimum Gasteiger partial charge on any atom is -0.481 e. The first-order valence-corrected chi connectivity index (χ1v) is 6.83. The number of aromatic nitrogens is 2. The Morgan fingerprint density at radius 2 is 2.21 bits per heavy atom. The molecular formula is C13H9ClN2O2S. The molecule has 0 unspecified atom stereocenters. The van der Waals surface area contributed by atoms with Crippen molar-refractivity contribution >= 4 is 33.9 Å². The topological polar surface area (TPSA) is 54.6 Å². The van der Waals surface area contributed by atoms with Crippen LogP contribution in [0, 0.1) is 0 Å². The molecule has 0 saturated heterocycles. The van der Waals surface area contributed by atoms with Gasteiger partial charge in [-0.15, -0.1) is 11.3 Å². The van der Waals surface area contributed by atoms with Crippen molar-refractivity contribution in [2.24, 2.45) is 0 Å². The van der Waals surface area contributed by atoms with Crippen LogP contribution in [-0.2, 0) is 11.2 Å². The fraction of sp³-hybridized carbons (Fsp3) is 0.0769. The van der Waals surface area contributed by atoms with E-state index in [9.17, 15) is 4.79 Å². The maximum atomic E-state index is 10.8. The van der Waals surface area contributed by atoms with E-state index >= 15 is 0 Å². The molecule has 1 N–H and O–H groups in total. The number of hydrogen-bond donors (Lipinski definition) is 1. The van der Waals surface area contributed by atoms with Crippen molar-refractivity contribution in [1.82, 2.24) is 9.38 Å². The van der Waals surface area contributed by atoms with Crippen molar-refractivity contribution in [3.63, 3.8) is 0 Å². The molecule has 3 aromatic rings. The molecular weight excluding hydrogens is 284 g/mol. The molecule has 2 heterocycles. The Bertz CT molecular complexity index is 763. The van der Waals surface area contributed by atoms with Gasteiger partial charge in [-0.3, -0.25) is 9.20 Å². The first-order valence-electron chi connectivity index (χ1n) is 5.57. The van der Waals surface area contributed by atoms with Crippen LogP contribution in [0.3, 0.4) is 0 Å². The van der Waals surface area contributed by atoms with E-state index in [0.29, 0.717) is 5.02 Å². The summed E-state index contributed by atoms with van der Waals surface area (Å²) in [7, 11) is 0. The Labute approximate surface area is 117 Å². The van der Waals surface area contributed by atoms with Crippen molar-refractivity contribution in [3.05, 3.63) is 46.6 Å². The fourth-order valence-electron chi connectivity index (χ4n) is 1.91. The first-order chi connectivity index (χ1) is 9.15. The third kappa shape index (κ3) is 2.22. The van der Waals surface area contributed by atoms with Crippen LogP contribution in [0.2, 0.25) is 5.02 Å². The van der Waals surface area contributed by atoms with Gasteiger partial charge in [0.25, 0.3) is 0 Å². The van der Waals surface area contributed by atoms with Crippen LogP contribution < -0.4 is 0 Å². The second-order valence-electron chi connectivity index (χ2n) is 4.06. The Kier molecular flexibility index (Phi) is 3.00. The van der Waals surface area contributed by atoms with E-state index in [1.807, 2.05) is 35.8 Å². The van der Waals surface area contributed by atoms with Gasteiger partial charge in [0.1, 0.15) is 0 Å². The average Bonchev–Trinajstić information content (AvgIpc) is 2.91. The predicted octanol–water partition coefficient (Wildman–Crippen LogP) is 3.34. The summed E-state index contributed by atoms with van der Waals surface area (Å²) in [5.41, 5.74) is 2.32. The number of benzene rings is 1. The minimum atomic E-state index is -0.854. The zero-order valence-electron chi connectivity index (χ0n) is 9.71. The number of carboxylic acid groups (broad SMARTS) is 1. The number of halogens is 1. The second-order valence-corrected chi connectivity index (χ2v) is 5.30. The smallest absolute Gasteiger partial charge is 0.309 e. The lowest BCUT2D eigenvalue weighted by atomic mass is 10.2. The van der Waals surface area contributed by atoms with Crippen LogP contribution >= 0.6 is 22.9 Å². The normalized spacial score (nSPS) is 11.0. The number of fused-ring (bicyclic) bond motifs is 1. The number of thiazole rings is 1. The van der Waals surface area contributed by atoms with Crippen LogP contribution in [0.1, 0.15) is 5.69 Å². The Morgan fingerprint density at radius 3 is 2.95 bits per heavy atom. The summed E-state index contributed by atoms with van der Waals surface area (Å²) in [6, 6.07) is 7.46. The van der Waals surface area contributed by atoms with Gasteiger partial charge in [-0.25, -0.2) is 4.98 Å². The van der Waals surface area contributed by atoms with Crippen molar-refractivity contribution in [3.8, 4) is 11.3 Å². The van der Waals surface area contributed by atoms with Gasteiger partial charge in [0.15, 0.2) is 4.96 Å². The van der Waals surface area contributed by atoms with Gasteiger partial charge in [-0.1, -0.05) is 29.8 Å². The van der Waals surface area contributed by atoms with Crippen LogP contribution in [0.15, 0.2) is 35.8 Å². The van der Waals surface area contributed by atoms with Gasteiger partial charge in [-0.05, 0) is 6.07 Å². The van der Waals surface area contributed by atoms with Gasteiger partial charge in [0, 0.05) is 22.8 Å². The zero-order chi connectivity index (χ0) is 13.4. The summed E-state index contributed by atoms with van der Waals surface area (Å²) < 4.78 is 1.80. The number of aliphatic carboxylic acids is 1. The summed E-state index contributed by atoms with van der Waals surface area (Å²) in [6.45, 7) is 0. The molecule has 1 aromatic carbocycles. The first kappa shape index (κ1) is 12.2. The molecule has 4 nitrogen and oxygen atoms in total. The van der Waals surface area contributed by atoms with Gasteiger partial charge < -0.3 is 5.11 Å². The molecule has 19 heavy (non-hydrogen) atoms. The molecule has 0 spiro atoms. The average molecular weight is 293 g/mol. The molecule has 96 valence electrons. The molecule has 0 radical (unpaired) electrons. The van der Waals surface area contributed by atoms with Gasteiger partial charge in [0.05, 0.1) is 17.1 Å². The quantitative estimate of drug-likeness (QED) is 0.805. The highest BCUT2D eigenvalue weighted by atomic mass is 35.5. The lowest BCUT2D eigenvalue weighted by Crippen LogP contribution is -2.02. The third-order valence-electron chi connectivity index (χ3n) is 2.77. The molecule has 6 heteroatoms. The molecule has 0 aliphatic rings. The van der Waals surface area contributed by atoms with E-state index in [1.165, 1.54) is 11.3 Å². The fourth-order valence-corrected chi connectivity index (χ4v) is 3.02. The number of imidazole rings is 1. The molecule has 2 aromatic heterocycles. The molecule has 0 saturated carbocycles. The minimum absolute atomic E-state index is 0.0156. The Balaban J connectivity index is 2.10. The lowest BCUT2D eigenvalue weighted by molar-refractivity contribution is -0.136. The molecule has 0 bridgehead atoms. The Hall–Kier alpha value is -1.85. The van der Waals surface area contributed by atoms with E-state index in [4.69, 9.17) is 16.7 Å². The van der Waals surface area contributed by atoms with Crippen LogP contribution in [0.5, 0.6) is 0 Å². The third-order valence-corrected chi connectivity index (χ3v) is 3.98. The standard InChI is InChI=1S/C13H9ClN2O2S/c14-10-4-2-1-3-9(10)11-6-16-8(5-12(17)18)7-19-13(16)15-11/h1-4,6-7H,5H2,(H,17,18). The number of carboxylic acids is 1. The van der Waals surface area contributed by atoms with Crippen LogP contribution in [-0.4, -0.2) is 20.5 Å². The zero-order valence-corrected chi connectivity index (χ0v) is 11.3. The van der Waals surface area contributed by atoms with Crippen LogP contribution in [0.4, 0.5) is 0 Å². The van der Waals surface area contributed by atoms with E-state index in [1.54, 1.807) is 4.40 Å². The SMILES string of the molecule is O=C(O)Cc1csc2nc(-c3ccccc3Cl)cn12. The van der Waals surface area contributed by atoms with E-state index < -0.39 is 5.97 Å². The molecule has 0 amide bonds. The Morgan fingerprint density at radius 1 is 1.42 bits per heavy atom.